The van der Waals surface area contributed by atoms with Gasteiger partial charge >= 0.3 is 0 Å². The summed E-state index contributed by atoms with van der Waals surface area (Å²) in [6.07, 6.45) is 1.58. The summed E-state index contributed by atoms with van der Waals surface area (Å²) in [7, 11) is 0. The molecule has 3 rings (SSSR count). The van der Waals surface area contributed by atoms with E-state index in [9.17, 15) is 18.4 Å². The van der Waals surface area contributed by atoms with Crippen LogP contribution in [-0.2, 0) is 4.79 Å². The summed E-state index contributed by atoms with van der Waals surface area (Å²) >= 11 is 1.41. The molecule has 2 heterocycles. The standard InChI is InChI=1S/C15H13F2N3O2S/c1-8-6-18-15-20(14(8)22)10(7-23-15)5-13(21)19-9-2-3-11(16)12(17)4-9/h2-4,6,10H,5,7H2,1H3,(H,19,21). The first-order valence-corrected chi connectivity index (χ1v) is 7.90. The topological polar surface area (TPSA) is 64.0 Å². The van der Waals surface area contributed by atoms with Crippen molar-refractivity contribution in [3.05, 3.63) is 51.9 Å². The lowest BCUT2D eigenvalue weighted by molar-refractivity contribution is -0.116. The quantitative estimate of drug-likeness (QED) is 0.874. The molecule has 0 saturated carbocycles. The Labute approximate surface area is 134 Å². The third-order valence-electron chi connectivity index (χ3n) is 3.53. The van der Waals surface area contributed by atoms with Gasteiger partial charge in [-0.25, -0.2) is 13.8 Å². The highest BCUT2D eigenvalue weighted by Gasteiger charge is 2.27. The number of aryl methyl sites for hydroxylation is 1. The van der Waals surface area contributed by atoms with Crippen molar-refractivity contribution in [2.45, 2.75) is 24.5 Å². The van der Waals surface area contributed by atoms with Crippen molar-refractivity contribution >= 4 is 23.4 Å². The van der Waals surface area contributed by atoms with Gasteiger partial charge in [0.1, 0.15) is 0 Å². The fourth-order valence-corrected chi connectivity index (χ4v) is 3.48. The number of fused-ring (bicyclic) bond motifs is 1. The van der Waals surface area contributed by atoms with Crippen molar-refractivity contribution < 1.29 is 13.6 Å². The Balaban J connectivity index is 1.74. The largest absolute Gasteiger partial charge is 0.326 e. The Morgan fingerprint density at radius 1 is 1.43 bits per heavy atom. The van der Waals surface area contributed by atoms with Crippen molar-refractivity contribution in [1.82, 2.24) is 9.55 Å². The normalized spacial score (nSPS) is 16.2. The number of hydrogen-bond donors (Lipinski definition) is 1. The molecule has 1 aliphatic heterocycles. The van der Waals surface area contributed by atoms with E-state index in [-0.39, 0.29) is 29.6 Å². The fraction of sp³-hybridized carbons (Fsp3) is 0.267. The van der Waals surface area contributed by atoms with Crippen LogP contribution in [0, 0.1) is 18.6 Å². The van der Waals surface area contributed by atoms with Gasteiger partial charge in [0.25, 0.3) is 5.56 Å². The van der Waals surface area contributed by atoms with Crippen LogP contribution in [0.3, 0.4) is 0 Å². The van der Waals surface area contributed by atoms with Crippen LogP contribution in [0.25, 0.3) is 0 Å². The van der Waals surface area contributed by atoms with Crippen LogP contribution >= 0.6 is 11.8 Å². The first kappa shape index (κ1) is 15.7. The number of hydrogen-bond acceptors (Lipinski definition) is 4. The lowest BCUT2D eigenvalue weighted by Crippen LogP contribution is -2.28. The lowest BCUT2D eigenvalue weighted by atomic mass is 10.2. The Bertz CT molecular complexity index is 838. The second-order valence-electron chi connectivity index (χ2n) is 5.24. The number of benzene rings is 1. The van der Waals surface area contributed by atoms with E-state index in [2.05, 4.69) is 10.3 Å². The molecule has 2 aromatic rings. The minimum Gasteiger partial charge on any atom is -0.326 e. The van der Waals surface area contributed by atoms with Crippen molar-refractivity contribution in [3.8, 4) is 0 Å². The predicted octanol–water partition coefficient (Wildman–Crippen LogP) is 2.51. The van der Waals surface area contributed by atoms with E-state index in [0.717, 1.165) is 12.1 Å². The van der Waals surface area contributed by atoms with Crippen LogP contribution in [0.1, 0.15) is 18.0 Å². The van der Waals surface area contributed by atoms with E-state index in [1.54, 1.807) is 6.92 Å². The molecular formula is C15H13F2N3O2S. The number of halogens is 2. The first-order chi connectivity index (χ1) is 11.0. The van der Waals surface area contributed by atoms with E-state index in [0.29, 0.717) is 16.5 Å². The predicted molar refractivity (Wildman–Crippen MR) is 82.6 cm³/mol. The molecule has 0 aliphatic carbocycles. The molecule has 1 unspecified atom stereocenters. The molecule has 23 heavy (non-hydrogen) atoms. The zero-order valence-corrected chi connectivity index (χ0v) is 13.0. The summed E-state index contributed by atoms with van der Waals surface area (Å²) in [5.74, 6) is -1.81. The molecular weight excluding hydrogens is 324 g/mol. The number of nitrogens with zero attached hydrogens (tertiary/aromatic N) is 2. The maximum atomic E-state index is 13.1. The number of amides is 1. The van der Waals surface area contributed by atoms with Crippen LogP contribution in [0.5, 0.6) is 0 Å². The summed E-state index contributed by atoms with van der Waals surface area (Å²) in [6.45, 7) is 1.67. The molecule has 0 fully saturated rings. The SMILES string of the molecule is Cc1cnc2n(c1=O)C(CC(=O)Nc1ccc(F)c(F)c1)CS2. The summed E-state index contributed by atoms with van der Waals surface area (Å²) < 4.78 is 27.5. The molecule has 5 nitrogen and oxygen atoms in total. The van der Waals surface area contributed by atoms with Gasteiger partial charge < -0.3 is 5.32 Å². The smallest absolute Gasteiger partial charge is 0.257 e. The second kappa shape index (κ2) is 6.11. The molecule has 1 aromatic heterocycles. The van der Waals surface area contributed by atoms with Gasteiger partial charge in [0.05, 0.1) is 6.04 Å². The van der Waals surface area contributed by atoms with Gasteiger partial charge in [-0.1, -0.05) is 11.8 Å². The molecule has 1 aliphatic rings. The molecule has 0 spiro atoms. The van der Waals surface area contributed by atoms with E-state index in [1.807, 2.05) is 0 Å². The van der Waals surface area contributed by atoms with E-state index >= 15 is 0 Å². The fourth-order valence-electron chi connectivity index (χ4n) is 2.37. The van der Waals surface area contributed by atoms with Crippen molar-refractivity contribution in [2.24, 2.45) is 0 Å². The average molecular weight is 337 g/mol. The number of aromatic nitrogens is 2. The summed E-state index contributed by atoms with van der Waals surface area (Å²) in [4.78, 5) is 28.5. The maximum Gasteiger partial charge on any atom is 0.257 e. The minimum absolute atomic E-state index is 0.0596. The molecule has 1 amide bonds. The monoisotopic (exact) mass is 337 g/mol. The first-order valence-electron chi connectivity index (χ1n) is 6.91. The lowest BCUT2D eigenvalue weighted by Gasteiger charge is -2.13. The maximum absolute atomic E-state index is 13.1. The van der Waals surface area contributed by atoms with Gasteiger partial charge in [-0.15, -0.1) is 0 Å². The number of carbonyl (C=O) groups excluding carboxylic acids is 1. The Kier molecular flexibility index (Phi) is 4.16. The molecule has 120 valence electrons. The van der Waals surface area contributed by atoms with Gasteiger partial charge in [0.2, 0.25) is 5.91 Å². The third-order valence-corrected chi connectivity index (χ3v) is 4.64. The zero-order chi connectivity index (χ0) is 16.6. The van der Waals surface area contributed by atoms with E-state index < -0.39 is 11.6 Å². The van der Waals surface area contributed by atoms with Gasteiger partial charge in [-0.2, -0.15) is 0 Å². The average Bonchev–Trinajstić information content (AvgIpc) is 2.90. The molecule has 8 heteroatoms. The minimum atomic E-state index is -1.03. The third kappa shape index (κ3) is 3.12. The van der Waals surface area contributed by atoms with Crippen LogP contribution in [-0.4, -0.2) is 21.2 Å². The highest BCUT2D eigenvalue weighted by molar-refractivity contribution is 7.99. The highest BCUT2D eigenvalue weighted by atomic mass is 32.2. The molecule has 0 saturated heterocycles. The number of rotatable bonds is 3. The number of nitrogens with one attached hydrogen (secondary N) is 1. The summed E-state index contributed by atoms with van der Waals surface area (Å²) in [6, 6.07) is 2.84. The van der Waals surface area contributed by atoms with Gasteiger partial charge in [-0.3, -0.25) is 14.2 Å². The number of thioether (sulfide) groups is 1. The van der Waals surface area contributed by atoms with Crippen LogP contribution in [0.15, 0.2) is 34.3 Å². The molecule has 1 aromatic carbocycles. The van der Waals surface area contributed by atoms with Crippen molar-refractivity contribution in [1.29, 1.82) is 0 Å². The van der Waals surface area contributed by atoms with E-state index in [1.165, 1.54) is 28.6 Å². The highest BCUT2D eigenvalue weighted by Crippen LogP contribution is 2.32. The Morgan fingerprint density at radius 3 is 2.96 bits per heavy atom. The Hall–Kier alpha value is -2.22. The molecule has 1 atom stereocenters. The summed E-state index contributed by atoms with van der Waals surface area (Å²) in [5, 5.41) is 3.10. The van der Waals surface area contributed by atoms with E-state index in [4.69, 9.17) is 0 Å². The summed E-state index contributed by atoms with van der Waals surface area (Å²) in [5.41, 5.74) is 0.530. The number of anilines is 1. The molecule has 1 N–H and O–H groups in total. The molecule has 0 bridgehead atoms. The van der Waals surface area contributed by atoms with Crippen LogP contribution in [0.2, 0.25) is 0 Å². The second-order valence-corrected chi connectivity index (χ2v) is 6.23. The van der Waals surface area contributed by atoms with Gasteiger partial charge in [0.15, 0.2) is 16.8 Å². The zero-order valence-electron chi connectivity index (χ0n) is 12.2. The van der Waals surface area contributed by atoms with Crippen LogP contribution < -0.4 is 10.9 Å². The Morgan fingerprint density at radius 2 is 2.22 bits per heavy atom. The number of carbonyl (C=O) groups is 1. The van der Waals surface area contributed by atoms with Gasteiger partial charge in [0, 0.05) is 35.7 Å². The van der Waals surface area contributed by atoms with Crippen molar-refractivity contribution in [3.63, 3.8) is 0 Å². The molecule has 0 radical (unpaired) electrons. The van der Waals surface area contributed by atoms with Gasteiger partial charge in [-0.05, 0) is 19.1 Å². The van der Waals surface area contributed by atoms with Crippen LogP contribution in [0.4, 0.5) is 14.5 Å². The van der Waals surface area contributed by atoms with Crippen molar-refractivity contribution in [2.75, 3.05) is 11.1 Å².